The number of hydrogen-bond acceptors (Lipinski definition) is 17. The molecule has 0 spiro atoms. The maximum absolute atomic E-state index is 14.6. The monoisotopic (exact) mass is 1090 g/mol. The van der Waals surface area contributed by atoms with Crippen LogP contribution >= 0.6 is 0 Å². The van der Waals surface area contributed by atoms with Gasteiger partial charge in [-0.3, -0.25) is 28.8 Å². The molecular weight excluding hydrogens is 995 g/mol. The van der Waals surface area contributed by atoms with Crippen LogP contribution in [0.5, 0.6) is 0 Å². The number of esters is 3. The highest BCUT2D eigenvalue weighted by Crippen LogP contribution is 2.39. The Labute approximate surface area is 456 Å². The topological polar surface area (TPSA) is 248 Å². The summed E-state index contributed by atoms with van der Waals surface area (Å²) in [4.78, 5) is 98.0. The van der Waals surface area contributed by atoms with E-state index in [4.69, 9.17) is 33.2 Å². The minimum absolute atomic E-state index is 0.0131. The van der Waals surface area contributed by atoms with Crippen molar-refractivity contribution >= 4 is 41.2 Å². The number of rotatable bonds is 12. The molecule has 4 rings (SSSR count). The molecule has 2 saturated heterocycles. The molecule has 0 aromatic carbocycles. The number of methoxy groups -OCH3 is 3. The summed E-state index contributed by atoms with van der Waals surface area (Å²) >= 11 is 0. The molecule has 16 atom stereocenters. The van der Waals surface area contributed by atoms with Crippen LogP contribution in [0.4, 0.5) is 0 Å². The van der Waals surface area contributed by atoms with Crippen molar-refractivity contribution in [2.45, 2.75) is 200 Å². The molecule has 3 heterocycles. The Balaban J connectivity index is 1.68. The van der Waals surface area contributed by atoms with Gasteiger partial charge in [0.15, 0.2) is 5.78 Å². The zero-order valence-electron chi connectivity index (χ0n) is 47.9. The second-order valence-electron chi connectivity index (χ2n) is 22.7. The summed E-state index contributed by atoms with van der Waals surface area (Å²) in [6, 6.07) is -1.21. The van der Waals surface area contributed by atoms with Gasteiger partial charge in [0.2, 0.25) is 5.79 Å². The van der Waals surface area contributed by atoms with Crippen LogP contribution in [0, 0.1) is 40.9 Å². The van der Waals surface area contributed by atoms with Crippen LogP contribution in [0.25, 0.3) is 0 Å². The van der Waals surface area contributed by atoms with Gasteiger partial charge in [0.1, 0.15) is 48.3 Å². The summed E-state index contributed by atoms with van der Waals surface area (Å²) in [7, 11) is 4.42. The van der Waals surface area contributed by atoms with Gasteiger partial charge < -0.3 is 53.4 Å². The Bertz CT molecular complexity index is 2150. The number of hydrogen-bond donors (Lipinski definition) is 3. The highest BCUT2D eigenvalue weighted by atomic mass is 16.6. The second-order valence-corrected chi connectivity index (χ2v) is 22.7. The molecule has 0 aromatic rings. The van der Waals surface area contributed by atoms with Crippen LogP contribution < -0.4 is 0 Å². The van der Waals surface area contributed by atoms with Crippen LogP contribution in [-0.2, 0) is 66.7 Å². The quantitative estimate of drug-likeness (QED) is 0.0798. The molecule has 4 aliphatic rings. The summed E-state index contributed by atoms with van der Waals surface area (Å²) in [6.45, 7) is 14.6. The average Bonchev–Trinajstić information content (AvgIpc) is 3.41. The number of ether oxygens (including phenoxy) is 7. The molecule has 2 unspecified atom stereocenters. The second kappa shape index (κ2) is 30.2. The lowest BCUT2D eigenvalue weighted by molar-refractivity contribution is -0.265. The van der Waals surface area contributed by atoms with Gasteiger partial charge in [0.05, 0.1) is 24.9 Å². The van der Waals surface area contributed by atoms with E-state index in [1.165, 1.54) is 21.1 Å². The van der Waals surface area contributed by atoms with Crippen molar-refractivity contribution in [2.24, 2.45) is 40.9 Å². The normalized spacial score (nSPS) is 36.6. The molecule has 18 nitrogen and oxygen atoms in total. The number of piperidine rings is 1. The van der Waals surface area contributed by atoms with Crippen molar-refractivity contribution in [3.05, 3.63) is 47.6 Å². The Morgan fingerprint density at radius 3 is 2.25 bits per heavy atom. The first kappa shape index (κ1) is 65.1. The lowest BCUT2D eigenvalue weighted by atomic mass is 9.78. The first-order chi connectivity index (χ1) is 36.4. The van der Waals surface area contributed by atoms with Gasteiger partial charge in [-0.2, -0.15) is 0 Å². The SMILES string of the molecule is CCC(=O)OCC(C)(CO)C(=O)O[C@@H]1CC[C@@H](C[C@H](C)[C@@H]2CC(=O)[C@H](C)/C=C(\C)[C@@H](O)[C@@H](OC)C(=O)[C@H](C)C[C@H](C)/C=C/C=C/C=C(\C)[C@@H](OC)C[C@@H]3CC[C@@H](C)[C@@](O)(O3)C(=O)C(=O)N3CCCCC3C(=O)O2)C[C@H]1OC. The maximum atomic E-state index is 14.6. The first-order valence-corrected chi connectivity index (χ1v) is 27.8. The third-order valence-corrected chi connectivity index (χ3v) is 16.4. The summed E-state index contributed by atoms with van der Waals surface area (Å²) in [5.74, 6) is -10.0. The van der Waals surface area contributed by atoms with Crippen LogP contribution in [-0.4, -0.2) is 157 Å². The molecular formula is C59H91NO17. The Morgan fingerprint density at radius 1 is 0.883 bits per heavy atom. The van der Waals surface area contributed by atoms with E-state index in [0.29, 0.717) is 63.4 Å². The molecule has 2 bridgehead atoms. The number of carbonyl (C=O) groups is 7. The highest BCUT2D eigenvalue weighted by molar-refractivity contribution is 6.39. The van der Waals surface area contributed by atoms with E-state index in [1.54, 1.807) is 47.8 Å². The van der Waals surface area contributed by atoms with Gasteiger partial charge in [-0.25, -0.2) is 4.79 Å². The first-order valence-electron chi connectivity index (χ1n) is 27.8. The number of aliphatic hydroxyl groups is 3. The van der Waals surface area contributed by atoms with E-state index in [2.05, 4.69) is 0 Å². The van der Waals surface area contributed by atoms with Gasteiger partial charge in [0, 0.05) is 64.9 Å². The van der Waals surface area contributed by atoms with Gasteiger partial charge in [-0.05, 0) is 114 Å². The number of allylic oxidation sites excluding steroid dienone is 6. The number of carbonyl (C=O) groups excluding carboxylic acids is 7. The van der Waals surface area contributed by atoms with E-state index < -0.39 is 120 Å². The fourth-order valence-corrected chi connectivity index (χ4v) is 11.0. The van der Waals surface area contributed by atoms with Crippen molar-refractivity contribution in [3.63, 3.8) is 0 Å². The number of nitrogens with zero attached hydrogens (tertiary/aromatic N) is 1. The fraction of sp³-hybridized carbons (Fsp3) is 0.746. The van der Waals surface area contributed by atoms with Gasteiger partial charge in [0.25, 0.3) is 11.7 Å². The summed E-state index contributed by atoms with van der Waals surface area (Å²) in [5.41, 5.74) is -0.297. The van der Waals surface area contributed by atoms with Crippen LogP contribution in [0.1, 0.15) is 146 Å². The molecule has 18 heteroatoms. The van der Waals surface area contributed by atoms with Gasteiger partial charge >= 0.3 is 17.9 Å². The lowest BCUT2D eigenvalue weighted by Crippen LogP contribution is -2.61. The Hall–Kier alpha value is -4.43. The van der Waals surface area contributed by atoms with E-state index in [9.17, 15) is 48.9 Å². The van der Waals surface area contributed by atoms with Crippen molar-refractivity contribution < 1.29 is 82.0 Å². The number of aliphatic hydroxyl groups excluding tert-OH is 2. The molecule has 0 aromatic heterocycles. The smallest absolute Gasteiger partial charge is 0.329 e. The van der Waals surface area contributed by atoms with Crippen molar-refractivity contribution in [3.8, 4) is 0 Å². The largest absolute Gasteiger partial charge is 0.464 e. The number of cyclic esters (lactones) is 1. The third-order valence-electron chi connectivity index (χ3n) is 16.4. The standard InChI is InChI=1S/C59H91NO17/c1-13-50(63)74-34-58(9,33-61)57(69)76-46-25-23-42(30-49(46)72-11)29-38(5)48-32-45(62)37(4)28-40(7)52(65)53(73-12)51(64)39(6)27-35(2)19-15-14-16-20-36(3)47(71-10)31-43-24-22-41(8)59(70,77-43)54(66)55(67)60-26-18-17-21-44(60)56(68)75-48/h14-16,19-20,28,35,37-39,41-44,46-49,52-53,61,65,70H,13,17-18,21-27,29-34H2,1-12H3/b16-14+,19-15+,36-20+,40-28+/t35-,37-,38+,39-,41-,42+,43+,44?,46-,47+,48+,49-,52-,53+,58?,59-/m1/s1. The zero-order valence-corrected chi connectivity index (χ0v) is 47.9. The molecule has 3 fully saturated rings. The number of amides is 1. The van der Waals surface area contributed by atoms with E-state index in [0.717, 1.165) is 10.5 Å². The predicted molar refractivity (Wildman–Crippen MR) is 285 cm³/mol. The average molecular weight is 1090 g/mol. The molecule has 1 amide bonds. The van der Waals surface area contributed by atoms with Crippen LogP contribution in [0.3, 0.4) is 0 Å². The van der Waals surface area contributed by atoms with Crippen LogP contribution in [0.15, 0.2) is 47.6 Å². The molecule has 3 aliphatic heterocycles. The molecule has 1 aliphatic carbocycles. The Kier molecular flexibility index (Phi) is 25.6. The minimum Gasteiger partial charge on any atom is -0.464 e. The third kappa shape index (κ3) is 17.5. The molecule has 1 saturated carbocycles. The van der Waals surface area contributed by atoms with E-state index in [-0.39, 0.29) is 62.2 Å². The van der Waals surface area contributed by atoms with E-state index >= 15 is 0 Å². The number of Topliss-reactive ketones (excluding diaryl/α,β-unsaturated/α-hetero) is 3. The molecule has 77 heavy (non-hydrogen) atoms. The zero-order chi connectivity index (χ0) is 57.4. The molecule has 434 valence electrons. The highest BCUT2D eigenvalue weighted by Gasteiger charge is 2.53. The lowest BCUT2D eigenvalue weighted by Gasteiger charge is -2.42. The van der Waals surface area contributed by atoms with Gasteiger partial charge in [-0.1, -0.05) is 78.0 Å². The van der Waals surface area contributed by atoms with Crippen LogP contribution in [0.2, 0.25) is 0 Å². The number of fused-ring (bicyclic) bond motifs is 3. The van der Waals surface area contributed by atoms with E-state index in [1.807, 2.05) is 51.2 Å². The predicted octanol–water partition coefficient (Wildman–Crippen LogP) is 6.68. The molecule has 0 radical (unpaired) electrons. The molecule has 3 N–H and O–H groups in total. The fourth-order valence-electron chi connectivity index (χ4n) is 11.0. The summed E-state index contributed by atoms with van der Waals surface area (Å²) < 4.78 is 40.9. The minimum atomic E-state index is -2.48. The van der Waals surface area contributed by atoms with Crippen molar-refractivity contribution in [1.29, 1.82) is 0 Å². The maximum Gasteiger partial charge on any atom is 0.329 e. The Morgan fingerprint density at radius 2 is 1.60 bits per heavy atom. The van der Waals surface area contributed by atoms with Gasteiger partial charge in [-0.15, -0.1) is 0 Å². The summed E-state index contributed by atoms with van der Waals surface area (Å²) in [5, 5.41) is 33.7. The van der Waals surface area contributed by atoms with Crippen molar-refractivity contribution in [1.82, 2.24) is 4.90 Å². The summed E-state index contributed by atoms with van der Waals surface area (Å²) in [6.07, 6.45) is 9.59. The number of ketones is 3. The van der Waals surface area contributed by atoms with Crippen molar-refractivity contribution in [2.75, 3.05) is 41.1 Å².